The summed E-state index contributed by atoms with van der Waals surface area (Å²) in [6.07, 6.45) is 0. The lowest BCUT2D eigenvalue weighted by atomic mass is 10.1. The summed E-state index contributed by atoms with van der Waals surface area (Å²) >= 11 is 1.49. The Hall–Kier alpha value is -1.10. The minimum absolute atomic E-state index is 0.125. The van der Waals surface area contributed by atoms with Gasteiger partial charge in [0.1, 0.15) is 17.3 Å². The van der Waals surface area contributed by atoms with Crippen molar-refractivity contribution < 1.29 is 8.78 Å². The second-order valence-electron chi connectivity index (χ2n) is 4.18. The summed E-state index contributed by atoms with van der Waals surface area (Å²) in [7, 11) is 0. The molecule has 1 aliphatic heterocycles. The largest absolute Gasteiger partial charge is 0.330 e. The first-order chi connectivity index (χ1) is 8.08. The van der Waals surface area contributed by atoms with E-state index in [4.69, 9.17) is 0 Å². The number of hydrogen-bond acceptors (Lipinski definition) is 3. The lowest BCUT2D eigenvalue weighted by Crippen LogP contribution is -2.25. The fourth-order valence-corrected chi connectivity index (χ4v) is 2.61. The van der Waals surface area contributed by atoms with Crippen LogP contribution in [-0.4, -0.2) is 17.0 Å². The molecule has 2 unspecified atom stereocenters. The maximum Gasteiger partial charge on any atom is 0.161 e. The molecule has 5 heteroatoms. The van der Waals surface area contributed by atoms with E-state index in [0.29, 0.717) is 11.1 Å². The van der Waals surface area contributed by atoms with Crippen molar-refractivity contribution >= 4 is 22.6 Å². The second kappa shape index (κ2) is 5.04. The molecule has 0 amide bonds. The highest BCUT2D eigenvalue weighted by Gasteiger charge is 2.20. The maximum absolute atomic E-state index is 13.4. The summed E-state index contributed by atoms with van der Waals surface area (Å²) in [6, 6.07) is 3.97. The Labute approximate surface area is 104 Å². The number of para-hydroxylation sites is 1. The molecule has 0 saturated carbocycles. The molecule has 1 aromatic rings. The molecule has 2 rings (SSSR count). The number of amidine groups is 1. The zero-order valence-electron chi connectivity index (χ0n) is 9.71. The Balaban J connectivity index is 2.19. The van der Waals surface area contributed by atoms with E-state index in [1.165, 1.54) is 30.0 Å². The number of thioether (sulfide) groups is 1. The van der Waals surface area contributed by atoms with Crippen LogP contribution in [0.1, 0.15) is 13.8 Å². The van der Waals surface area contributed by atoms with E-state index >= 15 is 0 Å². The molecular formula is C12H14F2N2S. The Kier molecular flexibility index (Phi) is 3.66. The number of anilines is 1. The summed E-state index contributed by atoms with van der Waals surface area (Å²) in [6.45, 7) is 4.12. The average molecular weight is 256 g/mol. The van der Waals surface area contributed by atoms with Crippen LogP contribution in [0.3, 0.4) is 0 Å². The number of aliphatic imine (C=N–C) groups is 1. The molecule has 0 radical (unpaired) electrons. The van der Waals surface area contributed by atoms with Crippen molar-refractivity contribution in [2.24, 2.45) is 10.9 Å². The van der Waals surface area contributed by atoms with Crippen LogP contribution in [0, 0.1) is 17.6 Å². The minimum atomic E-state index is -0.598. The predicted molar refractivity (Wildman–Crippen MR) is 68.5 cm³/mol. The van der Waals surface area contributed by atoms with Gasteiger partial charge in [-0.05, 0) is 25.0 Å². The van der Waals surface area contributed by atoms with Gasteiger partial charge in [0.05, 0.1) is 6.04 Å². The van der Waals surface area contributed by atoms with Gasteiger partial charge in [-0.15, -0.1) is 0 Å². The molecule has 1 aromatic carbocycles. The molecule has 17 heavy (non-hydrogen) atoms. The van der Waals surface area contributed by atoms with Gasteiger partial charge in [0, 0.05) is 5.75 Å². The molecule has 92 valence electrons. The number of benzene rings is 1. The highest BCUT2D eigenvalue weighted by atomic mass is 32.2. The van der Waals surface area contributed by atoms with Crippen molar-refractivity contribution in [1.29, 1.82) is 0 Å². The summed E-state index contributed by atoms with van der Waals surface area (Å²) in [5.74, 6) is 0.193. The van der Waals surface area contributed by atoms with Gasteiger partial charge in [-0.3, -0.25) is 4.99 Å². The number of nitrogens with one attached hydrogen (secondary N) is 1. The van der Waals surface area contributed by atoms with Gasteiger partial charge in [-0.1, -0.05) is 24.8 Å². The molecule has 1 heterocycles. The van der Waals surface area contributed by atoms with E-state index in [1.807, 2.05) is 6.92 Å². The highest BCUT2D eigenvalue weighted by Crippen LogP contribution is 2.25. The molecule has 0 saturated heterocycles. The third kappa shape index (κ3) is 2.77. The van der Waals surface area contributed by atoms with Crippen LogP contribution >= 0.6 is 11.8 Å². The average Bonchev–Trinajstić information content (AvgIpc) is 2.28. The van der Waals surface area contributed by atoms with Crippen molar-refractivity contribution in [3.63, 3.8) is 0 Å². The summed E-state index contributed by atoms with van der Waals surface area (Å²) in [5.41, 5.74) is -0.125. The van der Waals surface area contributed by atoms with Gasteiger partial charge in [0.2, 0.25) is 0 Å². The number of nitrogens with zero attached hydrogens (tertiary/aromatic N) is 1. The van der Waals surface area contributed by atoms with Crippen LogP contribution in [0.2, 0.25) is 0 Å². The van der Waals surface area contributed by atoms with Crippen LogP contribution < -0.4 is 5.32 Å². The second-order valence-corrected chi connectivity index (χ2v) is 5.19. The minimum Gasteiger partial charge on any atom is -0.330 e. The number of rotatable bonds is 1. The monoisotopic (exact) mass is 256 g/mol. The van der Waals surface area contributed by atoms with E-state index in [0.717, 1.165) is 5.75 Å². The maximum atomic E-state index is 13.4. The first-order valence-electron chi connectivity index (χ1n) is 5.49. The predicted octanol–water partition coefficient (Wildman–Crippen LogP) is 3.50. The van der Waals surface area contributed by atoms with Crippen LogP contribution in [0.25, 0.3) is 0 Å². The van der Waals surface area contributed by atoms with Gasteiger partial charge in [-0.25, -0.2) is 8.78 Å². The lowest BCUT2D eigenvalue weighted by molar-refractivity contribution is 0.536. The van der Waals surface area contributed by atoms with E-state index in [1.54, 1.807) is 0 Å². The van der Waals surface area contributed by atoms with Gasteiger partial charge in [-0.2, -0.15) is 0 Å². The first-order valence-corrected chi connectivity index (χ1v) is 6.48. The SMILES string of the molecule is CC1CSC(Nc2c(F)cccc2F)=NC1C. The molecule has 2 atom stereocenters. The van der Waals surface area contributed by atoms with Crippen LogP contribution in [0.4, 0.5) is 14.5 Å². The normalized spacial score (nSPS) is 24.4. The Bertz CT molecular complexity index is 428. The molecule has 1 N–H and O–H groups in total. The highest BCUT2D eigenvalue weighted by molar-refractivity contribution is 8.14. The van der Waals surface area contributed by atoms with Gasteiger partial charge >= 0.3 is 0 Å². The third-order valence-corrected chi connectivity index (χ3v) is 4.00. The Morgan fingerprint density at radius 1 is 1.29 bits per heavy atom. The van der Waals surface area contributed by atoms with Crippen molar-refractivity contribution in [1.82, 2.24) is 0 Å². The molecule has 2 nitrogen and oxygen atoms in total. The van der Waals surface area contributed by atoms with Crippen molar-refractivity contribution in [3.05, 3.63) is 29.8 Å². The summed E-state index contributed by atoms with van der Waals surface area (Å²) in [4.78, 5) is 4.38. The van der Waals surface area contributed by atoms with Crippen LogP contribution in [0.5, 0.6) is 0 Å². The molecule has 1 aliphatic rings. The molecule has 0 spiro atoms. The smallest absolute Gasteiger partial charge is 0.161 e. The van der Waals surface area contributed by atoms with Crippen LogP contribution in [-0.2, 0) is 0 Å². The van der Waals surface area contributed by atoms with Crippen molar-refractivity contribution in [2.45, 2.75) is 19.9 Å². The van der Waals surface area contributed by atoms with E-state index < -0.39 is 11.6 Å². The fraction of sp³-hybridized carbons (Fsp3) is 0.417. The quantitative estimate of drug-likeness (QED) is 0.831. The van der Waals surface area contributed by atoms with E-state index in [2.05, 4.69) is 17.2 Å². The van der Waals surface area contributed by atoms with Gasteiger partial charge in [0.15, 0.2) is 5.17 Å². The number of hydrogen-bond donors (Lipinski definition) is 1. The topological polar surface area (TPSA) is 24.4 Å². The van der Waals surface area contributed by atoms with E-state index in [-0.39, 0.29) is 11.7 Å². The number of halogens is 2. The molecule has 0 bridgehead atoms. The summed E-state index contributed by atoms with van der Waals surface area (Å²) in [5, 5.41) is 3.31. The molecule has 0 aromatic heterocycles. The third-order valence-electron chi connectivity index (χ3n) is 2.82. The molecular weight excluding hydrogens is 242 g/mol. The van der Waals surface area contributed by atoms with Crippen molar-refractivity contribution in [2.75, 3.05) is 11.1 Å². The fourth-order valence-electron chi connectivity index (χ4n) is 1.49. The molecule has 0 fully saturated rings. The zero-order valence-corrected chi connectivity index (χ0v) is 10.5. The zero-order chi connectivity index (χ0) is 12.4. The Morgan fingerprint density at radius 3 is 2.53 bits per heavy atom. The first kappa shape index (κ1) is 12.4. The van der Waals surface area contributed by atoms with Crippen LogP contribution in [0.15, 0.2) is 23.2 Å². The van der Waals surface area contributed by atoms with Gasteiger partial charge < -0.3 is 5.32 Å². The van der Waals surface area contributed by atoms with E-state index in [9.17, 15) is 8.78 Å². The van der Waals surface area contributed by atoms with Gasteiger partial charge in [0.25, 0.3) is 0 Å². The standard InChI is InChI=1S/C12H14F2N2S/c1-7-6-17-12(15-8(7)2)16-11-9(13)4-3-5-10(11)14/h3-5,7-8H,6H2,1-2H3,(H,15,16). The molecule has 0 aliphatic carbocycles. The summed E-state index contributed by atoms with van der Waals surface area (Å²) < 4.78 is 26.8. The van der Waals surface area contributed by atoms with Crippen molar-refractivity contribution in [3.8, 4) is 0 Å². The lowest BCUT2D eigenvalue weighted by Gasteiger charge is -2.23. The Morgan fingerprint density at radius 2 is 1.94 bits per heavy atom.